The van der Waals surface area contributed by atoms with Crippen molar-refractivity contribution in [1.82, 2.24) is 30.2 Å². The van der Waals surface area contributed by atoms with Crippen LogP contribution in [-0.2, 0) is 5.54 Å². The van der Waals surface area contributed by atoms with Gasteiger partial charge in [0.15, 0.2) is 5.54 Å². The van der Waals surface area contributed by atoms with Crippen molar-refractivity contribution in [3.05, 3.63) is 82.4 Å². The summed E-state index contributed by atoms with van der Waals surface area (Å²) in [7, 11) is 0. The number of alkyl halides is 3. The summed E-state index contributed by atoms with van der Waals surface area (Å²) in [6, 6.07) is 12.5. The van der Waals surface area contributed by atoms with Crippen molar-refractivity contribution in [2.24, 2.45) is 5.41 Å². The number of nitrogens with one attached hydrogen (secondary N) is 3. The molecule has 13 heteroatoms. The van der Waals surface area contributed by atoms with Crippen molar-refractivity contribution in [2.45, 2.75) is 58.3 Å². The highest BCUT2D eigenvalue weighted by atomic mass is 35.5. The second-order valence-corrected chi connectivity index (χ2v) is 13.0. The number of hydrogen-bond donors (Lipinski definition) is 3. The first-order valence-corrected chi connectivity index (χ1v) is 14.8. The van der Waals surface area contributed by atoms with Gasteiger partial charge in [-0.2, -0.15) is 23.5 Å². The molecule has 3 N–H and O–H groups in total. The molecule has 0 unspecified atom stereocenters. The van der Waals surface area contributed by atoms with Crippen LogP contribution in [-0.4, -0.2) is 42.9 Å². The average Bonchev–Trinajstić information content (AvgIpc) is 3.37. The van der Waals surface area contributed by atoms with Crippen LogP contribution in [0.1, 0.15) is 62.0 Å². The van der Waals surface area contributed by atoms with Crippen LogP contribution in [0.15, 0.2) is 55.0 Å². The van der Waals surface area contributed by atoms with Gasteiger partial charge in [0, 0.05) is 34.9 Å². The third-order valence-corrected chi connectivity index (χ3v) is 8.33. The molecule has 1 aliphatic carbocycles. The van der Waals surface area contributed by atoms with E-state index in [1.807, 2.05) is 31.2 Å². The van der Waals surface area contributed by atoms with Crippen LogP contribution in [0.3, 0.4) is 0 Å². The average molecular weight is 634 g/mol. The molecule has 9 nitrogen and oxygen atoms in total. The molecule has 0 saturated heterocycles. The Morgan fingerprint density at radius 2 is 1.96 bits per heavy atom. The zero-order valence-electron chi connectivity index (χ0n) is 25.1. The molecular weight excluding hydrogens is 603 g/mol. The molecule has 0 aliphatic heterocycles. The van der Waals surface area contributed by atoms with Gasteiger partial charge in [-0.15, -0.1) is 5.10 Å². The number of aromatic nitrogens is 6. The lowest BCUT2D eigenvalue weighted by atomic mass is 9.93. The monoisotopic (exact) mass is 633 g/mol. The Labute approximate surface area is 262 Å². The molecule has 6 rings (SSSR count). The maximum atomic E-state index is 14.0. The summed E-state index contributed by atoms with van der Waals surface area (Å²) in [5.41, 5.74) is 3.35. The Hall–Kier alpha value is -4.63. The number of pyridine rings is 1. The molecule has 0 spiro atoms. The number of H-pyrrole nitrogens is 1. The van der Waals surface area contributed by atoms with E-state index in [-0.39, 0.29) is 18.3 Å². The van der Waals surface area contributed by atoms with E-state index in [4.69, 9.17) is 11.6 Å². The highest BCUT2D eigenvalue weighted by molar-refractivity contribution is 6.32. The molecule has 0 bridgehead atoms. The van der Waals surface area contributed by atoms with E-state index in [1.165, 1.54) is 12.4 Å². The van der Waals surface area contributed by atoms with E-state index in [0.29, 0.717) is 45.1 Å². The number of nitrogens with zero attached hydrogens (tertiary/aromatic N) is 6. The van der Waals surface area contributed by atoms with Crippen molar-refractivity contribution in [3.63, 3.8) is 0 Å². The quantitative estimate of drug-likeness (QED) is 0.160. The Morgan fingerprint density at radius 1 is 1.18 bits per heavy atom. The lowest BCUT2D eigenvalue weighted by Crippen LogP contribution is -2.35. The summed E-state index contributed by atoms with van der Waals surface area (Å²) >= 11 is 6.66. The molecule has 3 heterocycles. The van der Waals surface area contributed by atoms with Crippen LogP contribution >= 0.6 is 11.6 Å². The van der Waals surface area contributed by atoms with Crippen molar-refractivity contribution in [3.8, 4) is 17.3 Å². The normalized spacial score (nSPS) is 15.1. The van der Waals surface area contributed by atoms with Gasteiger partial charge >= 0.3 is 6.18 Å². The van der Waals surface area contributed by atoms with E-state index in [0.717, 1.165) is 27.1 Å². The fraction of sp³-hybridized carbons (Fsp3) is 0.344. The molecule has 1 fully saturated rings. The van der Waals surface area contributed by atoms with Gasteiger partial charge in [-0.3, -0.25) is 10.1 Å². The Bertz CT molecular complexity index is 1910. The minimum Gasteiger partial charge on any atom is -0.383 e. The summed E-state index contributed by atoms with van der Waals surface area (Å²) in [6.45, 7) is 8.76. The molecule has 232 valence electrons. The maximum absolute atomic E-state index is 14.0. The zero-order valence-corrected chi connectivity index (χ0v) is 25.8. The van der Waals surface area contributed by atoms with E-state index in [9.17, 15) is 18.4 Å². The number of aromatic amines is 1. The lowest BCUT2D eigenvalue weighted by Gasteiger charge is -2.24. The number of anilines is 2. The number of hydrogen-bond acceptors (Lipinski definition) is 7. The summed E-state index contributed by atoms with van der Waals surface area (Å²) in [5.74, 6) is 0. The van der Waals surface area contributed by atoms with Crippen LogP contribution in [0.5, 0.6) is 0 Å². The summed E-state index contributed by atoms with van der Waals surface area (Å²) in [5, 5.41) is 33.2. The highest BCUT2D eigenvalue weighted by Crippen LogP contribution is 2.55. The molecule has 1 atom stereocenters. The molecular formula is C32H31ClF3N9. The fourth-order valence-electron chi connectivity index (χ4n) is 5.51. The van der Waals surface area contributed by atoms with Gasteiger partial charge in [0.25, 0.3) is 0 Å². The first kappa shape index (κ1) is 30.4. The number of nitriles is 1. The first-order valence-electron chi connectivity index (χ1n) is 14.4. The molecule has 0 radical (unpaired) electrons. The van der Waals surface area contributed by atoms with E-state index in [1.54, 1.807) is 18.3 Å². The van der Waals surface area contributed by atoms with Crippen molar-refractivity contribution in [2.75, 3.05) is 17.2 Å². The van der Waals surface area contributed by atoms with Crippen molar-refractivity contribution >= 4 is 33.9 Å². The molecule has 1 saturated carbocycles. The van der Waals surface area contributed by atoms with E-state index >= 15 is 0 Å². The number of rotatable bonds is 8. The first-order chi connectivity index (χ1) is 21.3. The Morgan fingerprint density at radius 3 is 2.60 bits per heavy atom. The zero-order chi connectivity index (χ0) is 32.1. The van der Waals surface area contributed by atoms with Gasteiger partial charge in [0.2, 0.25) is 0 Å². The summed E-state index contributed by atoms with van der Waals surface area (Å²) in [6.07, 6.45) is 0.0155. The predicted octanol–water partition coefficient (Wildman–Crippen LogP) is 7.76. The largest absolute Gasteiger partial charge is 0.413 e. The molecule has 5 aromatic rings. The van der Waals surface area contributed by atoms with Crippen LogP contribution < -0.4 is 10.6 Å². The lowest BCUT2D eigenvalue weighted by molar-refractivity contribution is -0.182. The van der Waals surface area contributed by atoms with Gasteiger partial charge in [-0.1, -0.05) is 55.8 Å². The summed E-state index contributed by atoms with van der Waals surface area (Å²) < 4.78 is 43.0. The predicted molar refractivity (Wildman–Crippen MR) is 167 cm³/mol. The topological polar surface area (TPSA) is 120 Å². The SMILES string of the molecule is Cc1c(-c2cc[nH]n2)cccc1[C@H](Nc1cc(Cl)cc2c(NCC(C)(C)C)c(C#N)cnc12)c1cn(C2(C(F)(F)F)CC2)nn1. The van der Waals surface area contributed by atoms with Gasteiger partial charge < -0.3 is 10.6 Å². The molecule has 1 aliphatic rings. The van der Waals surface area contributed by atoms with Crippen LogP contribution in [0, 0.1) is 23.7 Å². The molecule has 2 aromatic carbocycles. The molecule has 0 amide bonds. The number of halogens is 4. The Balaban J connectivity index is 1.50. The van der Waals surface area contributed by atoms with E-state index in [2.05, 4.69) is 63.0 Å². The van der Waals surface area contributed by atoms with Crippen LogP contribution in [0.4, 0.5) is 24.5 Å². The third-order valence-electron chi connectivity index (χ3n) is 8.11. The minimum atomic E-state index is -4.46. The summed E-state index contributed by atoms with van der Waals surface area (Å²) in [4.78, 5) is 4.62. The number of benzene rings is 2. The van der Waals surface area contributed by atoms with Crippen LogP contribution in [0.25, 0.3) is 22.2 Å². The highest BCUT2D eigenvalue weighted by Gasteiger charge is 2.66. The van der Waals surface area contributed by atoms with E-state index < -0.39 is 17.8 Å². The Kier molecular flexibility index (Phi) is 7.48. The fourth-order valence-corrected chi connectivity index (χ4v) is 5.72. The van der Waals surface area contributed by atoms with Gasteiger partial charge in [0.05, 0.1) is 40.4 Å². The molecule has 45 heavy (non-hydrogen) atoms. The van der Waals surface area contributed by atoms with Gasteiger partial charge in [0.1, 0.15) is 11.8 Å². The minimum absolute atomic E-state index is 0.0561. The second-order valence-electron chi connectivity index (χ2n) is 12.6. The van der Waals surface area contributed by atoms with Crippen LogP contribution in [0.2, 0.25) is 5.02 Å². The van der Waals surface area contributed by atoms with Crippen molar-refractivity contribution in [1.29, 1.82) is 5.26 Å². The molecule has 3 aromatic heterocycles. The smallest absolute Gasteiger partial charge is 0.383 e. The van der Waals surface area contributed by atoms with Crippen molar-refractivity contribution < 1.29 is 13.2 Å². The van der Waals surface area contributed by atoms with Gasteiger partial charge in [-0.25, -0.2) is 4.68 Å². The number of fused-ring (bicyclic) bond motifs is 1. The maximum Gasteiger partial charge on any atom is 0.413 e. The third kappa shape index (κ3) is 5.68. The standard InChI is InChI=1S/C32H31ClF3N9/c1-18-21(24-8-11-40-42-24)6-5-7-22(18)29(26-16-45(44-43-26)31(9-10-31)32(34,35)36)41-25-13-20(33)12-23-27(39-17-30(2,3)4)19(14-37)15-38-28(23)25/h5-8,11-13,15-16,29,41H,9-10,17H2,1-4H3,(H,38,39)(H,40,42)/t29-/m0/s1. The second kappa shape index (κ2) is 11.1. The van der Waals surface area contributed by atoms with Gasteiger partial charge in [-0.05, 0) is 54.5 Å².